The van der Waals surface area contributed by atoms with Crippen molar-refractivity contribution in [2.45, 2.75) is 0 Å². The molecule has 3 heteroatoms. The van der Waals surface area contributed by atoms with Gasteiger partial charge in [0.2, 0.25) is 0 Å². The maximum Gasteiger partial charge on any atom is 0.185 e. The van der Waals surface area contributed by atoms with E-state index in [0.717, 1.165) is 11.3 Å². The lowest BCUT2D eigenvalue weighted by Crippen LogP contribution is -2.08. The molecular formula is C18H16N2O. The Kier molecular flexibility index (Phi) is 4.53. The number of hydrogen-bond donors (Lipinski definition) is 0. The number of hydrogen-bond acceptors (Lipinski definition) is 3. The van der Waals surface area contributed by atoms with Crippen molar-refractivity contribution in [2.75, 3.05) is 19.0 Å². The normalized spacial score (nSPS) is 10.3. The molecule has 0 aromatic heterocycles. The van der Waals surface area contributed by atoms with Gasteiger partial charge in [-0.1, -0.05) is 18.2 Å². The maximum atomic E-state index is 12.1. The monoisotopic (exact) mass is 276 g/mol. The van der Waals surface area contributed by atoms with E-state index in [0.29, 0.717) is 11.1 Å². The Labute approximate surface area is 124 Å². The van der Waals surface area contributed by atoms with E-state index >= 15 is 0 Å². The summed E-state index contributed by atoms with van der Waals surface area (Å²) in [4.78, 5) is 14.1. The van der Waals surface area contributed by atoms with Crippen molar-refractivity contribution in [3.8, 4) is 6.07 Å². The predicted molar refractivity (Wildman–Crippen MR) is 85.3 cm³/mol. The molecule has 0 amide bonds. The molecule has 21 heavy (non-hydrogen) atoms. The second-order valence-electron chi connectivity index (χ2n) is 4.87. The molecule has 0 unspecified atom stereocenters. The number of allylic oxidation sites excluding steroid dienone is 1. The topological polar surface area (TPSA) is 44.1 Å². The van der Waals surface area contributed by atoms with Gasteiger partial charge in [0.25, 0.3) is 0 Å². The lowest BCUT2D eigenvalue weighted by molar-refractivity contribution is 0.104. The molecule has 0 fully saturated rings. The van der Waals surface area contributed by atoms with Crippen LogP contribution >= 0.6 is 0 Å². The van der Waals surface area contributed by atoms with E-state index in [-0.39, 0.29) is 5.78 Å². The molecule has 0 spiro atoms. The van der Waals surface area contributed by atoms with E-state index < -0.39 is 0 Å². The third-order valence-corrected chi connectivity index (χ3v) is 3.14. The van der Waals surface area contributed by atoms with Crippen LogP contribution in [0.3, 0.4) is 0 Å². The molecule has 2 rings (SSSR count). The van der Waals surface area contributed by atoms with Crippen LogP contribution in [0.15, 0.2) is 54.6 Å². The van der Waals surface area contributed by atoms with Crippen molar-refractivity contribution in [2.24, 2.45) is 0 Å². The summed E-state index contributed by atoms with van der Waals surface area (Å²) in [6.07, 6.45) is 3.30. The molecular weight excluding hydrogens is 260 g/mol. The number of rotatable bonds is 4. The molecule has 0 heterocycles. The molecule has 3 nitrogen and oxygen atoms in total. The van der Waals surface area contributed by atoms with Crippen LogP contribution in [0.1, 0.15) is 21.5 Å². The molecule has 0 aliphatic rings. The van der Waals surface area contributed by atoms with Gasteiger partial charge in [0, 0.05) is 25.3 Å². The lowest BCUT2D eigenvalue weighted by Gasteiger charge is -2.11. The smallest absolute Gasteiger partial charge is 0.185 e. The van der Waals surface area contributed by atoms with Gasteiger partial charge in [-0.15, -0.1) is 0 Å². The van der Waals surface area contributed by atoms with Crippen LogP contribution in [0.2, 0.25) is 0 Å². The Hall–Kier alpha value is -2.86. The van der Waals surface area contributed by atoms with E-state index in [1.165, 1.54) is 0 Å². The van der Waals surface area contributed by atoms with Gasteiger partial charge in [-0.2, -0.15) is 5.26 Å². The zero-order chi connectivity index (χ0) is 15.2. The number of nitriles is 1. The summed E-state index contributed by atoms with van der Waals surface area (Å²) in [6.45, 7) is 0. The second-order valence-corrected chi connectivity index (χ2v) is 4.87. The summed E-state index contributed by atoms with van der Waals surface area (Å²) in [5, 5.41) is 8.73. The molecule has 2 aromatic carbocycles. The third kappa shape index (κ3) is 3.80. The number of ketones is 1. The Balaban J connectivity index is 2.09. The van der Waals surface area contributed by atoms with Gasteiger partial charge in [-0.05, 0) is 48.0 Å². The summed E-state index contributed by atoms with van der Waals surface area (Å²) in [7, 11) is 3.92. The molecule has 0 aliphatic heterocycles. The van der Waals surface area contributed by atoms with Gasteiger partial charge in [-0.25, -0.2) is 0 Å². The molecule has 104 valence electrons. The average Bonchev–Trinajstić information content (AvgIpc) is 2.53. The minimum absolute atomic E-state index is 0.0373. The van der Waals surface area contributed by atoms with Gasteiger partial charge in [0.15, 0.2) is 5.78 Å². The van der Waals surface area contributed by atoms with Crippen molar-refractivity contribution in [1.82, 2.24) is 0 Å². The summed E-state index contributed by atoms with van der Waals surface area (Å²) < 4.78 is 0. The van der Waals surface area contributed by atoms with E-state index in [4.69, 9.17) is 5.26 Å². The molecule has 0 radical (unpaired) electrons. The zero-order valence-corrected chi connectivity index (χ0v) is 12.1. The van der Waals surface area contributed by atoms with Crippen molar-refractivity contribution >= 4 is 17.5 Å². The Morgan fingerprint density at radius 1 is 1.05 bits per heavy atom. The van der Waals surface area contributed by atoms with Gasteiger partial charge in [0.05, 0.1) is 11.6 Å². The molecule has 0 bridgehead atoms. The number of carbonyl (C=O) groups excluding carboxylic acids is 1. The SMILES string of the molecule is CN(C)c1ccc(C(=O)C=Cc2ccc(C#N)cc2)cc1. The van der Waals surface area contributed by atoms with Gasteiger partial charge in [-0.3, -0.25) is 4.79 Å². The molecule has 0 saturated heterocycles. The summed E-state index contributed by atoms with van der Waals surface area (Å²) >= 11 is 0. The highest BCUT2D eigenvalue weighted by molar-refractivity contribution is 6.06. The van der Waals surface area contributed by atoms with Crippen molar-refractivity contribution in [1.29, 1.82) is 5.26 Å². The quantitative estimate of drug-likeness (QED) is 0.634. The van der Waals surface area contributed by atoms with E-state index in [1.807, 2.05) is 55.4 Å². The number of carbonyl (C=O) groups is 1. The summed E-state index contributed by atoms with van der Waals surface area (Å²) in [5.41, 5.74) is 3.22. The van der Waals surface area contributed by atoms with Crippen LogP contribution in [0.4, 0.5) is 5.69 Å². The van der Waals surface area contributed by atoms with Gasteiger partial charge in [0.1, 0.15) is 0 Å². The van der Waals surface area contributed by atoms with E-state index in [9.17, 15) is 4.79 Å². The lowest BCUT2D eigenvalue weighted by atomic mass is 10.1. The van der Waals surface area contributed by atoms with Crippen LogP contribution in [0.25, 0.3) is 6.08 Å². The van der Waals surface area contributed by atoms with Crippen LogP contribution < -0.4 is 4.90 Å². The fourth-order valence-electron chi connectivity index (χ4n) is 1.86. The fraction of sp³-hybridized carbons (Fsp3) is 0.111. The number of nitrogens with zero attached hydrogens (tertiary/aromatic N) is 2. The Morgan fingerprint density at radius 2 is 1.67 bits per heavy atom. The first-order chi connectivity index (χ1) is 10.1. The number of benzene rings is 2. The maximum absolute atomic E-state index is 12.1. The predicted octanol–water partition coefficient (Wildman–Crippen LogP) is 3.52. The van der Waals surface area contributed by atoms with Crippen LogP contribution in [0.5, 0.6) is 0 Å². The van der Waals surface area contributed by atoms with Crippen LogP contribution in [0, 0.1) is 11.3 Å². The molecule has 0 N–H and O–H groups in total. The van der Waals surface area contributed by atoms with Gasteiger partial charge >= 0.3 is 0 Å². The van der Waals surface area contributed by atoms with Crippen LogP contribution in [-0.2, 0) is 0 Å². The first-order valence-corrected chi connectivity index (χ1v) is 6.60. The van der Waals surface area contributed by atoms with Crippen molar-refractivity contribution < 1.29 is 4.79 Å². The summed E-state index contributed by atoms with van der Waals surface area (Å²) in [5.74, 6) is -0.0373. The fourth-order valence-corrected chi connectivity index (χ4v) is 1.86. The van der Waals surface area contributed by atoms with E-state index in [2.05, 4.69) is 6.07 Å². The highest BCUT2D eigenvalue weighted by Gasteiger charge is 2.02. The first kappa shape index (κ1) is 14.5. The third-order valence-electron chi connectivity index (χ3n) is 3.14. The molecule has 0 atom stereocenters. The second kappa shape index (κ2) is 6.53. The Morgan fingerprint density at radius 3 is 2.19 bits per heavy atom. The average molecular weight is 276 g/mol. The zero-order valence-electron chi connectivity index (χ0n) is 12.1. The molecule has 0 aliphatic carbocycles. The summed E-state index contributed by atoms with van der Waals surface area (Å²) in [6, 6.07) is 16.6. The van der Waals surface area contributed by atoms with E-state index in [1.54, 1.807) is 24.3 Å². The standard InChI is InChI=1S/C18H16N2O/c1-20(2)17-10-8-16(9-11-17)18(21)12-7-14-3-5-15(13-19)6-4-14/h3-12H,1-2H3. The molecule has 2 aromatic rings. The Bertz CT molecular complexity index is 689. The number of anilines is 1. The minimum atomic E-state index is -0.0373. The van der Waals surface area contributed by atoms with Crippen LogP contribution in [-0.4, -0.2) is 19.9 Å². The largest absolute Gasteiger partial charge is 0.378 e. The van der Waals surface area contributed by atoms with Crippen molar-refractivity contribution in [3.05, 3.63) is 71.3 Å². The van der Waals surface area contributed by atoms with Crippen molar-refractivity contribution in [3.63, 3.8) is 0 Å². The minimum Gasteiger partial charge on any atom is -0.378 e. The first-order valence-electron chi connectivity index (χ1n) is 6.60. The van der Waals surface area contributed by atoms with Gasteiger partial charge < -0.3 is 4.90 Å². The highest BCUT2D eigenvalue weighted by atomic mass is 16.1. The molecule has 0 saturated carbocycles. The highest BCUT2D eigenvalue weighted by Crippen LogP contribution is 2.13.